The average molecular weight is 236 g/mol. The highest BCUT2D eigenvalue weighted by Crippen LogP contribution is 2.34. The molecule has 0 aromatic heterocycles. The van der Waals surface area contributed by atoms with Crippen LogP contribution in [0, 0.1) is 0 Å². The molecule has 94 valence electrons. The molecule has 2 unspecified atom stereocenters. The van der Waals surface area contributed by atoms with E-state index in [-0.39, 0.29) is 5.60 Å². The van der Waals surface area contributed by atoms with E-state index in [1.807, 2.05) is 12.1 Å². The fourth-order valence-corrected chi connectivity index (χ4v) is 2.45. The van der Waals surface area contributed by atoms with Gasteiger partial charge in [-0.2, -0.15) is 0 Å². The summed E-state index contributed by atoms with van der Waals surface area (Å²) in [5.74, 6) is 1.38. The maximum Gasteiger partial charge on any atom is 0.118 e. The molecule has 1 aliphatic rings. The molecule has 1 aromatic carbocycles. The SMILES string of the molecule is COc1ccc(C2CC(C)(C)OCC2[NH3+])cc1. The van der Waals surface area contributed by atoms with E-state index >= 15 is 0 Å². The van der Waals surface area contributed by atoms with E-state index in [0.717, 1.165) is 18.8 Å². The van der Waals surface area contributed by atoms with Crippen LogP contribution in [-0.2, 0) is 4.74 Å². The van der Waals surface area contributed by atoms with Gasteiger partial charge in [-0.3, -0.25) is 0 Å². The molecule has 0 saturated carbocycles. The summed E-state index contributed by atoms with van der Waals surface area (Å²) in [5.41, 5.74) is 5.50. The largest absolute Gasteiger partial charge is 0.497 e. The van der Waals surface area contributed by atoms with Crippen molar-refractivity contribution in [1.82, 2.24) is 0 Å². The molecular weight excluding hydrogens is 214 g/mol. The van der Waals surface area contributed by atoms with Gasteiger partial charge >= 0.3 is 0 Å². The highest BCUT2D eigenvalue weighted by Gasteiger charge is 2.36. The molecule has 3 heteroatoms. The van der Waals surface area contributed by atoms with E-state index in [9.17, 15) is 0 Å². The fourth-order valence-electron chi connectivity index (χ4n) is 2.45. The van der Waals surface area contributed by atoms with E-state index in [0.29, 0.717) is 12.0 Å². The fraction of sp³-hybridized carbons (Fsp3) is 0.571. The molecule has 3 N–H and O–H groups in total. The van der Waals surface area contributed by atoms with Gasteiger partial charge in [0.1, 0.15) is 11.8 Å². The second-order valence-electron chi connectivity index (χ2n) is 5.41. The number of methoxy groups -OCH3 is 1. The van der Waals surface area contributed by atoms with Crippen LogP contribution in [0.4, 0.5) is 0 Å². The van der Waals surface area contributed by atoms with Crippen LogP contribution in [0.25, 0.3) is 0 Å². The molecular formula is C14H22NO2+. The third-order valence-corrected chi connectivity index (χ3v) is 3.51. The molecule has 17 heavy (non-hydrogen) atoms. The summed E-state index contributed by atoms with van der Waals surface area (Å²) in [4.78, 5) is 0. The van der Waals surface area contributed by atoms with Gasteiger partial charge in [0.2, 0.25) is 0 Å². The molecule has 1 aliphatic heterocycles. The quantitative estimate of drug-likeness (QED) is 0.847. The maximum absolute atomic E-state index is 5.79. The van der Waals surface area contributed by atoms with E-state index in [1.165, 1.54) is 5.56 Å². The molecule has 2 rings (SSSR count). The van der Waals surface area contributed by atoms with Gasteiger partial charge in [0, 0.05) is 5.92 Å². The van der Waals surface area contributed by atoms with Gasteiger partial charge in [-0.05, 0) is 38.0 Å². The van der Waals surface area contributed by atoms with Crippen molar-refractivity contribution in [2.75, 3.05) is 13.7 Å². The van der Waals surface area contributed by atoms with Crippen molar-refractivity contribution in [3.8, 4) is 5.75 Å². The first-order chi connectivity index (χ1) is 8.02. The summed E-state index contributed by atoms with van der Waals surface area (Å²) in [6.45, 7) is 5.04. The molecule has 0 aliphatic carbocycles. The van der Waals surface area contributed by atoms with Crippen molar-refractivity contribution in [1.29, 1.82) is 0 Å². The van der Waals surface area contributed by atoms with Crippen LogP contribution in [0.3, 0.4) is 0 Å². The van der Waals surface area contributed by atoms with Gasteiger partial charge in [0.25, 0.3) is 0 Å². The zero-order chi connectivity index (χ0) is 12.5. The topological polar surface area (TPSA) is 46.1 Å². The van der Waals surface area contributed by atoms with Crippen LogP contribution >= 0.6 is 0 Å². The minimum Gasteiger partial charge on any atom is -0.497 e. The Hall–Kier alpha value is -1.06. The van der Waals surface area contributed by atoms with Crippen molar-refractivity contribution in [2.45, 2.75) is 37.8 Å². The predicted octanol–water partition coefficient (Wildman–Crippen LogP) is 1.59. The minimum atomic E-state index is -0.0429. The maximum atomic E-state index is 5.79. The van der Waals surface area contributed by atoms with Gasteiger partial charge < -0.3 is 15.2 Å². The Labute approximate surface area is 103 Å². The molecule has 0 bridgehead atoms. The van der Waals surface area contributed by atoms with Gasteiger partial charge in [-0.25, -0.2) is 0 Å². The van der Waals surface area contributed by atoms with E-state index in [4.69, 9.17) is 9.47 Å². The Kier molecular flexibility index (Phi) is 3.40. The second-order valence-corrected chi connectivity index (χ2v) is 5.41. The standard InChI is InChI=1S/C14H21NO2/c1-14(2)8-12(13(15)9-17-14)10-4-6-11(16-3)7-5-10/h4-7,12-13H,8-9,15H2,1-3H3/p+1. The third kappa shape index (κ3) is 2.79. The summed E-state index contributed by atoms with van der Waals surface area (Å²) in [7, 11) is 1.69. The molecule has 0 radical (unpaired) electrons. The van der Waals surface area contributed by atoms with Crippen LogP contribution in [0.15, 0.2) is 24.3 Å². The monoisotopic (exact) mass is 236 g/mol. The van der Waals surface area contributed by atoms with Crippen LogP contribution in [-0.4, -0.2) is 25.4 Å². The second kappa shape index (κ2) is 4.67. The smallest absolute Gasteiger partial charge is 0.118 e. The lowest BCUT2D eigenvalue weighted by Gasteiger charge is -2.37. The van der Waals surface area contributed by atoms with Crippen molar-refractivity contribution < 1.29 is 15.2 Å². The average Bonchev–Trinajstić information content (AvgIpc) is 2.33. The zero-order valence-electron chi connectivity index (χ0n) is 10.9. The third-order valence-electron chi connectivity index (χ3n) is 3.51. The Morgan fingerprint density at radius 3 is 2.53 bits per heavy atom. The molecule has 0 spiro atoms. The Morgan fingerprint density at radius 2 is 1.94 bits per heavy atom. The Balaban J connectivity index is 2.18. The summed E-state index contributed by atoms with van der Waals surface area (Å²) in [5, 5.41) is 0. The lowest BCUT2D eigenvalue weighted by Crippen LogP contribution is -2.68. The number of quaternary nitrogens is 1. The lowest BCUT2D eigenvalue weighted by molar-refractivity contribution is -0.445. The van der Waals surface area contributed by atoms with E-state index in [1.54, 1.807) is 7.11 Å². The minimum absolute atomic E-state index is 0.0429. The van der Waals surface area contributed by atoms with Crippen molar-refractivity contribution in [3.63, 3.8) is 0 Å². The first-order valence-electron chi connectivity index (χ1n) is 6.13. The lowest BCUT2D eigenvalue weighted by atomic mass is 9.81. The predicted molar refractivity (Wildman–Crippen MR) is 67.1 cm³/mol. The number of benzene rings is 1. The van der Waals surface area contributed by atoms with Crippen LogP contribution in [0.2, 0.25) is 0 Å². The number of rotatable bonds is 2. The molecule has 1 heterocycles. The van der Waals surface area contributed by atoms with Crippen molar-refractivity contribution in [2.24, 2.45) is 0 Å². The van der Waals surface area contributed by atoms with Crippen molar-refractivity contribution >= 4 is 0 Å². The molecule has 1 saturated heterocycles. The van der Waals surface area contributed by atoms with Gasteiger partial charge in [0.15, 0.2) is 0 Å². The molecule has 3 nitrogen and oxygen atoms in total. The van der Waals surface area contributed by atoms with Crippen LogP contribution in [0.1, 0.15) is 31.7 Å². The van der Waals surface area contributed by atoms with Gasteiger partial charge in [-0.15, -0.1) is 0 Å². The molecule has 0 amide bonds. The molecule has 1 fully saturated rings. The summed E-state index contributed by atoms with van der Waals surface area (Å²) < 4.78 is 11.0. The van der Waals surface area contributed by atoms with Gasteiger partial charge in [-0.1, -0.05) is 12.1 Å². The normalized spacial score (nSPS) is 27.8. The number of hydrogen-bond donors (Lipinski definition) is 1. The van der Waals surface area contributed by atoms with Crippen molar-refractivity contribution in [3.05, 3.63) is 29.8 Å². The van der Waals surface area contributed by atoms with Crippen LogP contribution in [0.5, 0.6) is 5.75 Å². The molecule has 2 atom stereocenters. The Bertz CT molecular complexity index is 372. The molecule has 1 aromatic rings. The summed E-state index contributed by atoms with van der Waals surface area (Å²) in [6.07, 6.45) is 1.02. The zero-order valence-corrected chi connectivity index (χ0v) is 10.9. The van der Waals surface area contributed by atoms with E-state index in [2.05, 4.69) is 31.7 Å². The van der Waals surface area contributed by atoms with Gasteiger partial charge in [0.05, 0.1) is 19.3 Å². The summed E-state index contributed by atoms with van der Waals surface area (Å²) in [6, 6.07) is 8.65. The number of ether oxygens (including phenoxy) is 2. The van der Waals surface area contributed by atoms with Crippen LogP contribution < -0.4 is 10.5 Å². The highest BCUT2D eigenvalue weighted by molar-refractivity contribution is 5.30. The first kappa shape index (κ1) is 12.4. The highest BCUT2D eigenvalue weighted by atomic mass is 16.5. The number of hydrogen-bond acceptors (Lipinski definition) is 2. The first-order valence-corrected chi connectivity index (χ1v) is 6.13. The summed E-state index contributed by atoms with van der Waals surface area (Å²) >= 11 is 0. The Morgan fingerprint density at radius 1 is 1.29 bits per heavy atom. The van der Waals surface area contributed by atoms with E-state index < -0.39 is 0 Å².